The molecule has 0 spiro atoms. The molecule has 4 N–H and O–H groups in total. The summed E-state index contributed by atoms with van der Waals surface area (Å²) in [4.78, 5) is 38.1. The van der Waals surface area contributed by atoms with Crippen molar-refractivity contribution < 1.29 is 41.8 Å². The maximum atomic E-state index is 13.0. The average Bonchev–Trinajstić information content (AvgIpc) is 2.87. The first-order valence-electron chi connectivity index (χ1n) is 10.7. The van der Waals surface area contributed by atoms with Gasteiger partial charge in [0.2, 0.25) is 5.88 Å². The lowest BCUT2D eigenvalue weighted by atomic mass is 9.82. The van der Waals surface area contributed by atoms with Gasteiger partial charge in [0.15, 0.2) is 0 Å². The number of methoxy groups -OCH3 is 2. The molecule has 2 aromatic rings. The third kappa shape index (κ3) is 5.54. The quantitative estimate of drug-likeness (QED) is 0.535. The zero-order valence-electron chi connectivity index (χ0n) is 20.0. The molecule has 1 unspecified atom stereocenters. The molecule has 2 amide bonds. The molecule has 0 saturated carbocycles. The Morgan fingerprint density at radius 3 is 2.26 bits per heavy atom. The molecule has 0 bridgehead atoms. The number of carbonyl (C=O) groups is 3. The van der Waals surface area contributed by atoms with E-state index in [-0.39, 0.29) is 39.7 Å². The van der Waals surface area contributed by atoms with Gasteiger partial charge in [-0.25, -0.2) is 9.59 Å². The molecule has 0 saturated heterocycles. The highest BCUT2D eigenvalue weighted by atomic mass is 19.4. The van der Waals surface area contributed by atoms with E-state index in [1.54, 1.807) is 0 Å². The summed E-state index contributed by atoms with van der Waals surface area (Å²) >= 11 is 0. The van der Waals surface area contributed by atoms with Gasteiger partial charge in [0, 0.05) is 0 Å². The van der Waals surface area contributed by atoms with Crippen LogP contribution < -0.4 is 16.4 Å². The van der Waals surface area contributed by atoms with Crippen LogP contribution in [0.5, 0.6) is 0 Å². The summed E-state index contributed by atoms with van der Waals surface area (Å²) < 4.78 is 53.9. The van der Waals surface area contributed by atoms with Gasteiger partial charge in [-0.2, -0.15) is 18.4 Å². The molecular weight excluding hydrogens is 509 g/mol. The Hall–Kier alpha value is -4.99. The molecule has 1 atom stereocenters. The lowest BCUT2D eigenvalue weighted by molar-refractivity contribution is -0.140. The summed E-state index contributed by atoms with van der Waals surface area (Å²) in [5.74, 6) is -3.45. The lowest BCUT2D eigenvalue weighted by Crippen LogP contribution is -2.32. The molecule has 1 heterocycles. The van der Waals surface area contributed by atoms with Crippen molar-refractivity contribution in [1.29, 1.82) is 5.26 Å². The zero-order chi connectivity index (χ0) is 28.2. The maximum absolute atomic E-state index is 13.0. The first-order chi connectivity index (χ1) is 17.9. The minimum atomic E-state index is -4.59. The summed E-state index contributed by atoms with van der Waals surface area (Å²) in [7, 11) is 2.22. The van der Waals surface area contributed by atoms with Crippen molar-refractivity contribution in [1.82, 2.24) is 0 Å². The third-order valence-electron chi connectivity index (χ3n) is 5.57. The molecule has 0 fully saturated rings. The smallest absolute Gasteiger partial charge is 0.416 e. The second kappa shape index (κ2) is 11.0. The van der Waals surface area contributed by atoms with Crippen LogP contribution in [-0.4, -0.2) is 32.2 Å². The number of benzene rings is 2. The predicted octanol–water partition coefficient (Wildman–Crippen LogP) is 3.72. The highest BCUT2D eigenvalue weighted by molar-refractivity contribution is 5.99. The molecule has 10 nitrogen and oxygen atoms in total. The van der Waals surface area contributed by atoms with Crippen LogP contribution in [0.25, 0.3) is 0 Å². The first-order valence-corrected chi connectivity index (χ1v) is 10.7. The molecule has 3 rings (SSSR count). The second-order valence-electron chi connectivity index (χ2n) is 7.82. The Balaban J connectivity index is 2.18. The normalized spacial score (nSPS) is 15.3. The van der Waals surface area contributed by atoms with Crippen LogP contribution in [0.2, 0.25) is 0 Å². The molecule has 2 aromatic carbocycles. The first kappa shape index (κ1) is 27.6. The van der Waals surface area contributed by atoms with Crippen LogP contribution in [0.3, 0.4) is 0 Å². The Kier molecular flexibility index (Phi) is 7.95. The van der Waals surface area contributed by atoms with Crippen molar-refractivity contribution >= 4 is 29.3 Å². The number of nitriles is 1. The number of primary amides is 1. The Bertz CT molecular complexity index is 1380. The summed E-state index contributed by atoms with van der Waals surface area (Å²) in [6.45, 7) is 0. The van der Waals surface area contributed by atoms with Crippen LogP contribution in [0.1, 0.15) is 23.5 Å². The molecule has 0 radical (unpaired) electrons. The van der Waals surface area contributed by atoms with Gasteiger partial charge in [-0.15, -0.1) is 0 Å². The van der Waals surface area contributed by atoms with Gasteiger partial charge >= 0.3 is 24.1 Å². The Morgan fingerprint density at radius 1 is 1.08 bits per heavy atom. The highest BCUT2D eigenvalue weighted by Crippen LogP contribution is 2.42. The number of allylic oxidation sites excluding steroid dienone is 1. The SMILES string of the molecule is COC(=O)CC1=C(C(=O)OC)C(c2cccc(N(C(N)=O)c3ccc(C(F)(F)F)cc3)c2)C(C#N)=C(N)O1. The molecular formula is C25H21F3N4O6. The van der Waals surface area contributed by atoms with Crippen molar-refractivity contribution in [2.75, 3.05) is 19.1 Å². The van der Waals surface area contributed by atoms with Gasteiger partial charge in [0.05, 0.1) is 42.6 Å². The van der Waals surface area contributed by atoms with Gasteiger partial charge in [0.1, 0.15) is 23.8 Å². The van der Waals surface area contributed by atoms with Crippen molar-refractivity contribution in [2.24, 2.45) is 11.5 Å². The monoisotopic (exact) mass is 530 g/mol. The fraction of sp³-hybridized carbons (Fsp3) is 0.200. The summed E-state index contributed by atoms with van der Waals surface area (Å²) in [6, 6.07) is 10.4. The number of hydrogen-bond acceptors (Lipinski definition) is 8. The number of carbonyl (C=O) groups excluding carboxylic acids is 3. The molecule has 0 aliphatic carbocycles. The van der Waals surface area contributed by atoms with E-state index in [2.05, 4.69) is 4.74 Å². The van der Waals surface area contributed by atoms with E-state index in [4.69, 9.17) is 20.9 Å². The van der Waals surface area contributed by atoms with Crippen LogP contribution in [0.4, 0.5) is 29.3 Å². The molecule has 1 aliphatic rings. The maximum Gasteiger partial charge on any atom is 0.416 e. The number of halogens is 3. The number of ether oxygens (including phenoxy) is 3. The zero-order valence-corrected chi connectivity index (χ0v) is 20.0. The largest absolute Gasteiger partial charge is 0.469 e. The number of amides is 2. The van der Waals surface area contributed by atoms with E-state index < -0.39 is 42.0 Å². The van der Waals surface area contributed by atoms with Crippen LogP contribution in [0, 0.1) is 11.3 Å². The van der Waals surface area contributed by atoms with Crippen molar-refractivity contribution in [3.05, 3.63) is 82.4 Å². The number of hydrogen-bond donors (Lipinski definition) is 2. The van der Waals surface area contributed by atoms with E-state index in [0.29, 0.717) is 0 Å². The molecule has 1 aliphatic heterocycles. The number of nitrogens with zero attached hydrogens (tertiary/aromatic N) is 2. The molecule has 38 heavy (non-hydrogen) atoms. The number of anilines is 2. The van der Waals surface area contributed by atoms with Crippen LogP contribution in [-0.2, 0) is 30.0 Å². The standard InChI is InChI=1S/C25H21F3N4O6/c1-36-19(33)11-18-21(23(34)37-2)20(17(12-29)22(30)38-18)13-4-3-5-16(10-13)32(24(31)35)15-8-6-14(7-9-15)25(26,27)28/h3-10,20H,11,30H2,1-2H3,(H2,31,35). The van der Waals surface area contributed by atoms with E-state index >= 15 is 0 Å². The van der Waals surface area contributed by atoms with Gasteiger partial charge in [-0.05, 0) is 42.0 Å². The number of nitrogens with two attached hydrogens (primary N) is 2. The minimum absolute atomic E-state index is 0.0281. The number of alkyl halides is 3. The van der Waals surface area contributed by atoms with E-state index in [9.17, 15) is 32.8 Å². The molecule has 13 heteroatoms. The fourth-order valence-electron chi connectivity index (χ4n) is 3.87. The second-order valence-corrected chi connectivity index (χ2v) is 7.82. The highest BCUT2D eigenvalue weighted by Gasteiger charge is 2.38. The molecule has 0 aromatic heterocycles. The van der Waals surface area contributed by atoms with Gasteiger partial charge in [-0.3, -0.25) is 9.69 Å². The van der Waals surface area contributed by atoms with E-state index in [0.717, 1.165) is 43.4 Å². The van der Waals surface area contributed by atoms with E-state index in [1.165, 1.54) is 24.3 Å². The number of urea groups is 1. The van der Waals surface area contributed by atoms with Crippen LogP contribution in [0.15, 0.2) is 71.3 Å². The summed E-state index contributed by atoms with van der Waals surface area (Å²) in [5, 5.41) is 9.81. The topological polar surface area (TPSA) is 158 Å². The van der Waals surface area contributed by atoms with Crippen molar-refractivity contribution in [3.63, 3.8) is 0 Å². The van der Waals surface area contributed by atoms with Gasteiger partial charge in [-0.1, -0.05) is 12.1 Å². The van der Waals surface area contributed by atoms with E-state index in [1.807, 2.05) is 6.07 Å². The predicted molar refractivity (Wildman–Crippen MR) is 126 cm³/mol. The number of rotatable bonds is 6. The molecule has 198 valence electrons. The van der Waals surface area contributed by atoms with Crippen molar-refractivity contribution in [2.45, 2.75) is 18.5 Å². The van der Waals surface area contributed by atoms with Crippen LogP contribution >= 0.6 is 0 Å². The summed E-state index contributed by atoms with van der Waals surface area (Å²) in [6.07, 6.45) is -5.09. The average molecular weight is 530 g/mol. The van der Waals surface area contributed by atoms with Gasteiger partial charge in [0.25, 0.3) is 0 Å². The Labute approximate surface area is 214 Å². The summed E-state index contributed by atoms with van der Waals surface area (Å²) in [5.41, 5.74) is 10.5. The number of esters is 2. The minimum Gasteiger partial charge on any atom is -0.469 e. The third-order valence-corrected chi connectivity index (χ3v) is 5.57. The Morgan fingerprint density at radius 2 is 1.74 bits per heavy atom. The lowest BCUT2D eigenvalue weighted by Gasteiger charge is -2.28. The van der Waals surface area contributed by atoms with Gasteiger partial charge < -0.3 is 25.7 Å². The fourth-order valence-corrected chi connectivity index (χ4v) is 3.87. The van der Waals surface area contributed by atoms with Crippen molar-refractivity contribution in [3.8, 4) is 6.07 Å².